The third-order valence-corrected chi connectivity index (χ3v) is 5.42. The molecule has 4 rings (SSSR count). The number of nitrogens with zero attached hydrogens (tertiary/aromatic N) is 7. The van der Waals surface area contributed by atoms with Crippen LogP contribution in [0.2, 0.25) is 0 Å². The van der Waals surface area contributed by atoms with Gasteiger partial charge in [0.05, 0.1) is 13.1 Å². The zero-order valence-electron chi connectivity index (χ0n) is 14.9. The fraction of sp³-hybridized carbons (Fsp3) is 0.706. The van der Waals surface area contributed by atoms with Crippen molar-refractivity contribution < 1.29 is 0 Å². The summed E-state index contributed by atoms with van der Waals surface area (Å²) in [6.45, 7) is 7.34. The second-order valence-corrected chi connectivity index (χ2v) is 7.32. The summed E-state index contributed by atoms with van der Waals surface area (Å²) in [5.41, 5.74) is 0. The molecule has 0 amide bonds. The van der Waals surface area contributed by atoms with Gasteiger partial charge in [0.25, 0.3) is 0 Å². The van der Waals surface area contributed by atoms with Crippen LogP contribution in [-0.4, -0.2) is 59.8 Å². The van der Waals surface area contributed by atoms with Crippen LogP contribution in [0.1, 0.15) is 43.2 Å². The Morgan fingerprint density at radius 1 is 1.08 bits per heavy atom. The maximum Gasteiger partial charge on any atom is 0.146 e. The molecule has 2 aliphatic rings. The predicted molar refractivity (Wildman–Crippen MR) is 91.3 cm³/mol. The van der Waals surface area contributed by atoms with E-state index in [1.807, 2.05) is 12.4 Å². The summed E-state index contributed by atoms with van der Waals surface area (Å²) in [6.07, 6.45) is 6.44. The van der Waals surface area contributed by atoms with Crippen LogP contribution in [0.25, 0.3) is 0 Å². The van der Waals surface area contributed by atoms with Gasteiger partial charge in [-0.15, -0.1) is 10.2 Å². The first kappa shape index (κ1) is 15.8. The molecule has 0 N–H and O–H groups in total. The lowest BCUT2D eigenvalue weighted by molar-refractivity contribution is 0.0686. The Kier molecular flexibility index (Phi) is 4.14. The zero-order chi connectivity index (χ0) is 16.7. The average Bonchev–Trinajstić information content (AvgIpc) is 3.23. The number of aromatic nitrogens is 5. The third-order valence-electron chi connectivity index (χ3n) is 5.42. The van der Waals surface area contributed by atoms with Gasteiger partial charge in [-0.2, -0.15) is 0 Å². The molecule has 2 aromatic heterocycles. The fourth-order valence-electron chi connectivity index (χ4n) is 3.59. The molecule has 0 bridgehead atoms. The van der Waals surface area contributed by atoms with Crippen LogP contribution in [0, 0.1) is 0 Å². The average molecular weight is 329 g/mol. The van der Waals surface area contributed by atoms with Crippen LogP contribution < -0.4 is 0 Å². The molecule has 3 heterocycles. The lowest BCUT2D eigenvalue weighted by atomic mass is 10.2. The van der Waals surface area contributed by atoms with Crippen molar-refractivity contribution in [2.75, 3.05) is 19.6 Å². The Balaban J connectivity index is 1.35. The van der Waals surface area contributed by atoms with E-state index < -0.39 is 0 Å². The van der Waals surface area contributed by atoms with E-state index in [1.165, 1.54) is 18.7 Å². The van der Waals surface area contributed by atoms with Crippen molar-refractivity contribution >= 4 is 0 Å². The Bertz CT molecular complexity index is 700. The molecule has 7 heteroatoms. The summed E-state index contributed by atoms with van der Waals surface area (Å²) >= 11 is 0. The molecule has 1 saturated carbocycles. The van der Waals surface area contributed by atoms with E-state index in [-0.39, 0.29) is 0 Å². The monoisotopic (exact) mass is 329 g/mol. The third kappa shape index (κ3) is 3.10. The predicted octanol–water partition coefficient (Wildman–Crippen LogP) is 1.13. The zero-order valence-corrected chi connectivity index (χ0v) is 14.9. The Morgan fingerprint density at radius 3 is 2.58 bits per heavy atom. The fourth-order valence-corrected chi connectivity index (χ4v) is 3.59. The number of aryl methyl sites for hydroxylation is 1. The lowest BCUT2D eigenvalue weighted by Gasteiger charge is -2.39. The van der Waals surface area contributed by atoms with E-state index in [4.69, 9.17) is 0 Å². The molecule has 1 aliphatic carbocycles. The van der Waals surface area contributed by atoms with Crippen molar-refractivity contribution in [1.29, 1.82) is 0 Å². The van der Waals surface area contributed by atoms with Gasteiger partial charge in [-0.25, -0.2) is 4.98 Å². The molecule has 0 unspecified atom stereocenters. The molecule has 130 valence electrons. The largest absolute Gasteiger partial charge is 0.337 e. The van der Waals surface area contributed by atoms with Crippen LogP contribution in [-0.2, 0) is 27.2 Å². The molecular weight excluding hydrogens is 302 g/mol. The quantitative estimate of drug-likeness (QED) is 0.823. The van der Waals surface area contributed by atoms with Crippen LogP contribution in [0.5, 0.6) is 0 Å². The molecule has 2 fully saturated rings. The van der Waals surface area contributed by atoms with Crippen LogP contribution in [0.4, 0.5) is 0 Å². The second kappa shape index (κ2) is 6.29. The topological polar surface area (TPSA) is 55.0 Å². The number of imidazole rings is 1. The first-order valence-electron chi connectivity index (χ1n) is 8.92. The first-order chi connectivity index (χ1) is 11.6. The van der Waals surface area contributed by atoms with Gasteiger partial charge in [0.15, 0.2) is 0 Å². The maximum absolute atomic E-state index is 4.45. The number of hydrogen-bond acceptors (Lipinski definition) is 5. The van der Waals surface area contributed by atoms with E-state index in [2.05, 4.69) is 55.1 Å². The Morgan fingerprint density at radius 2 is 1.92 bits per heavy atom. The van der Waals surface area contributed by atoms with Gasteiger partial charge >= 0.3 is 0 Å². The number of rotatable bonds is 5. The molecule has 0 spiro atoms. The van der Waals surface area contributed by atoms with Crippen molar-refractivity contribution in [3.8, 4) is 0 Å². The maximum atomic E-state index is 4.45. The molecule has 7 nitrogen and oxygen atoms in total. The molecule has 24 heavy (non-hydrogen) atoms. The van der Waals surface area contributed by atoms with Crippen molar-refractivity contribution in [3.05, 3.63) is 29.9 Å². The van der Waals surface area contributed by atoms with Gasteiger partial charge in [0.1, 0.15) is 17.5 Å². The molecule has 1 saturated heterocycles. The van der Waals surface area contributed by atoms with E-state index in [0.29, 0.717) is 12.0 Å². The molecule has 1 aliphatic heterocycles. The van der Waals surface area contributed by atoms with Gasteiger partial charge < -0.3 is 9.13 Å². The van der Waals surface area contributed by atoms with Crippen LogP contribution in [0.15, 0.2) is 12.4 Å². The van der Waals surface area contributed by atoms with Gasteiger partial charge in [-0.05, 0) is 19.8 Å². The minimum atomic E-state index is 0.520. The molecule has 2 aromatic rings. The second-order valence-electron chi connectivity index (χ2n) is 7.32. The molecule has 0 aromatic carbocycles. The van der Waals surface area contributed by atoms with Crippen molar-refractivity contribution in [2.45, 2.75) is 44.8 Å². The van der Waals surface area contributed by atoms with Crippen molar-refractivity contribution in [2.24, 2.45) is 14.1 Å². The summed E-state index contributed by atoms with van der Waals surface area (Å²) in [5, 5.41) is 8.83. The van der Waals surface area contributed by atoms with Gasteiger partial charge in [0, 0.05) is 58.1 Å². The Labute approximate surface area is 143 Å². The smallest absolute Gasteiger partial charge is 0.146 e. The van der Waals surface area contributed by atoms with Crippen LogP contribution in [0.3, 0.4) is 0 Å². The normalized spacial score (nSPS) is 23.0. The van der Waals surface area contributed by atoms with Crippen molar-refractivity contribution in [3.63, 3.8) is 0 Å². The van der Waals surface area contributed by atoms with Crippen molar-refractivity contribution in [1.82, 2.24) is 34.1 Å². The number of hydrogen-bond donors (Lipinski definition) is 0. The van der Waals surface area contributed by atoms with E-state index in [1.54, 1.807) is 0 Å². The lowest BCUT2D eigenvalue weighted by Crippen LogP contribution is -2.51. The highest BCUT2D eigenvalue weighted by Crippen LogP contribution is 2.38. The summed E-state index contributed by atoms with van der Waals surface area (Å²) in [7, 11) is 4.18. The molecule has 0 radical (unpaired) electrons. The minimum absolute atomic E-state index is 0.520. The van der Waals surface area contributed by atoms with Gasteiger partial charge in [0.2, 0.25) is 0 Å². The minimum Gasteiger partial charge on any atom is -0.337 e. The van der Waals surface area contributed by atoms with Crippen LogP contribution >= 0.6 is 0 Å². The first-order valence-corrected chi connectivity index (χ1v) is 8.92. The van der Waals surface area contributed by atoms with Gasteiger partial charge in [-0.1, -0.05) is 0 Å². The summed E-state index contributed by atoms with van der Waals surface area (Å²) < 4.78 is 4.32. The molecular formula is C17H27N7. The van der Waals surface area contributed by atoms with E-state index >= 15 is 0 Å². The Hall–Kier alpha value is -1.73. The molecule has 1 atom stereocenters. The highest BCUT2D eigenvalue weighted by Gasteiger charge is 2.30. The highest BCUT2D eigenvalue weighted by atomic mass is 15.3. The summed E-state index contributed by atoms with van der Waals surface area (Å²) in [6, 6.07) is 0.520. The van der Waals surface area contributed by atoms with E-state index in [9.17, 15) is 0 Å². The summed E-state index contributed by atoms with van der Waals surface area (Å²) in [4.78, 5) is 9.47. The highest BCUT2D eigenvalue weighted by molar-refractivity contribution is 5.08. The number of piperazine rings is 1. The standard InChI is InChI=1S/C17H27N7/c1-13-10-23(8-9-24(13)12-15-18-6-7-21(15)2)11-16-19-20-17(22(16)3)14-4-5-14/h6-7,13-14H,4-5,8-12H2,1-3H3/t13-/m0/s1. The van der Waals surface area contributed by atoms with Gasteiger partial charge in [-0.3, -0.25) is 9.80 Å². The SMILES string of the molecule is C[C@H]1CN(Cc2nnc(C3CC3)n2C)CCN1Cc1nccn1C. The van der Waals surface area contributed by atoms with E-state index in [0.717, 1.165) is 44.4 Å². The summed E-state index contributed by atoms with van der Waals surface area (Å²) in [5.74, 6) is 4.07.